The molecule has 2 N–H and O–H groups in total. The van der Waals surface area contributed by atoms with E-state index in [1.807, 2.05) is 67.6 Å². The molecule has 0 unspecified atom stereocenters. The van der Waals surface area contributed by atoms with Crippen LogP contribution < -0.4 is 10.6 Å². The molecule has 4 amide bonds. The highest BCUT2D eigenvalue weighted by molar-refractivity contribution is 6.07. The summed E-state index contributed by atoms with van der Waals surface area (Å²) in [5.74, 6) is -0.401. The lowest BCUT2D eigenvalue weighted by Crippen LogP contribution is -2.51. The normalized spacial score (nSPS) is 15.3. The van der Waals surface area contributed by atoms with Crippen LogP contribution in [-0.4, -0.2) is 60.0 Å². The van der Waals surface area contributed by atoms with Gasteiger partial charge in [0.05, 0.1) is 13.2 Å². The number of imide groups is 1. The minimum atomic E-state index is -1.06. The number of carbonyl (C=O) groups is 3. The summed E-state index contributed by atoms with van der Waals surface area (Å²) < 4.78 is 0. The van der Waals surface area contributed by atoms with Crippen LogP contribution in [0, 0.1) is 0 Å². The molecular weight excluding hydrogens is 392 g/mol. The predicted molar refractivity (Wildman–Crippen MR) is 119 cm³/mol. The zero-order valence-electron chi connectivity index (χ0n) is 18.1. The molecular formula is C24H30N4O3. The molecule has 31 heavy (non-hydrogen) atoms. The first kappa shape index (κ1) is 22.5. The molecule has 1 fully saturated rings. The van der Waals surface area contributed by atoms with Crippen molar-refractivity contribution in [3.05, 3.63) is 71.8 Å². The Kier molecular flexibility index (Phi) is 7.41. The van der Waals surface area contributed by atoms with E-state index in [1.165, 1.54) is 4.90 Å². The molecule has 0 aromatic heterocycles. The fourth-order valence-electron chi connectivity index (χ4n) is 3.85. The summed E-state index contributed by atoms with van der Waals surface area (Å²) in [6, 6.07) is 18.9. The van der Waals surface area contributed by atoms with Gasteiger partial charge >= 0.3 is 6.03 Å². The van der Waals surface area contributed by atoms with Crippen molar-refractivity contribution in [3.63, 3.8) is 0 Å². The minimum Gasteiger partial charge on any atom is -0.355 e. The molecule has 2 aromatic rings. The van der Waals surface area contributed by atoms with E-state index in [0.717, 1.165) is 17.5 Å². The molecule has 1 aliphatic heterocycles. The quantitative estimate of drug-likeness (QED) is 0.575. The van der Waals surface area contributed by atoms with E-state index < -0.39 is 11.6 Å². The van der Waals surface area contributed by atoms with Gasteiger partial charge in [-0.05, 0) is 24.6 Å². The molecule has 0 bridgehead atoms. The van der Waals surface area contributed by atoms with Gasteiger partial charge in [0.15, 0.2) is 0 Å². The number of carbonyl (C=O) groups excluding carboxylic acids is 3. The van der Waals surface area contributed by atoms with Crippen molar-refractivity contribution in [2.75, 3.05) is 26.8 Å². The summed E-state index contributed by atoms with van der Waals surface area (Å²) in [6.07, 6.45) is 1.64. The third-order valence-electron chi connectivity index (χ3n) is 5.31. The van der Waals surface area contributed by atoms with E-state index in [-0.39, 0.29) is 25.0 Å². The number of urea groups is 1. The van der Waals surface area contributed by atoms with Gasteiger partial charge in [-0.15, -0.1) is 0 Å². The maximum Gasteiger partial charge on any atom is 0.326 e. The van der Waals surface area contributed by atoms with Gasteiger partial charge in [0.2, 0.25) is 5.91 Å². The summed E-state index contributed by atoms with van der Waals surface area (Å²) in [6.45, 7) is 2.75. The molecule has 0 saturated carbocycles. The average Bonchev–Trinajstić information content (AvgIpc) is 2.97. The Bertz CT molecular complexity index is 860. The van der Waals surface area contributed by atoms with Gasteiger partial charge in [-0.3, -0.25) is 14.5 Å². The van der Waals surface area contributed by atoms with E-state index in [2.05, 4.69) is 10.6 Å². The molecule has 0 spiro atoms. The third kappa shape index (κ3) is 5.70. The summed E-state index contributed by atoms with van der Waals surface area (Å²) in [5, 5.41) is 5.77. The number of nitrogens with one attached hydrogen (secondary N) is 2. The minimum absolute atomic E-state index is 0.0511. The van der Waals surface area contributed by atoms with Crippen LogP contribution in [-0.2, 0) is 22.4 Å². The molecule has 164 valence electrons. The summed E-state index contributed by atoms with van der Waals surface area (Å²) in [4.78, 5) is 41.3. The molecule has 0 atom stereocenters. The SMILES string of the molecule is CCCNC(=O)CN(C)CN1C(=O)NC(Cc2ccccc2)(Cc2ccccc2)C1=O. The number of benzene rings is 2. The molecule has 2 aromatic carbocycles. The van der Waals surface area contributed by atoms with Crippen molar-refractivity contribution in [2.24, 2.45) is 0 Å². The van der Waals surface area contributed by atoms with Gasteiger partial charge in [-0.25, -0.2) is 9.69 Å². The van der Waals surface area contributed by atoms with Gasteiger partial charge in [0.1, 0.15) is 5.54 Å². The highest BCUT2D eigenvalue weighted by Crippen LogP contribution is 2.27. The van der Waals surface area contributed by atoms with Crippen molar-refractivity contribution >= 4 is 17.8 Å². The van der Waals surface area contributed by atoms with E-state index in [4.69, 9.17) is 0 Å². The average molecular weight is 423 g/mol. The number of likely N-dealkylation sites (N-methyl/N-ethyl adjacent to an activating group) is 1. The number of hydrogen-bond acceptors (Lipinski definition) is 4. The van der Waals surface area contributed by atoms with Crippen LogP contribution in [0.5, 0.6) is 0 Å². The second kappa shape index (κ2) is 10.2. The lowest BCUT2D eigenvalue weighted by atomic mass is 9.84. The largest absolute Gasteiger partial charge is 0.355 e. The van der Waals surface area contributed by atoms with Gasteiger partial charge in [-0.1, -0.05) is 67.6 Å². The van der Waals surface area contributed by atoms with Crippen molar-refractivity contribution in [1.29, 1.82) is 0 Å². The first-order valence-corrected chi connectivity index (χ1v) is 10.6. The second-order valence-electron chi connectivity index (χ2n) is 8.08. The van der Waals surface area contributed by atoms with Gasteiger partial charge < -0.3 is 10.6 Å². The van der Waals surface area contributed by atoms with E-state index in [0.29, 0.717) is 19.4 Å². The van der Waals surface area contributed by atoms with Crippen LogP contribution in [0.15, 0.2) is 60.7 Å². The number of amides is 4. The third-order valence-corrected chi connectivity index (χ3v) is 5.31. The molecule has 1 aliphatic rings. The fraction of sp³-hybridized carbons (Fsp3) is 0.375. The lowest BCUT2D eigenvalue weighted by molar-refractivity contribution is -0.133. The molecule has 3 rings (SSSR count). The Morgan fingerprint density at radius 1 is 1.00 bits per heavy atom. The first-order valence-electron chi connectivity index (χ1n) is 10.6. The number of hydrogen-bond donors (Lipinski definition) is 2. The van der Waals surface area contributed by atoms with Crippen LogP contribution >= 0.6 is 0 Å². The Labute approximate surface area is 183 Å². The van der Waals surface area contributed by atoms with Crippen LogP contribution in [0.1, 0.15) is 24.5 Å². The summed E-state index contributed by atoms with van der Waals surface area (Å²) in [7, 11) is 1.72. The summed E-state index contributed by atoms with van der Waals surface area (Å²) >= 11 is 0. The molecule has 7 nitrogen and oxygen atoms in total. The topological polar surface area (TPSA) is 81.8 Å². The Hall–Kier alpha value is -3.19. The first-order chi connectivity index (χ1) is 14.9. The highest BCUT2D eigenvalue weighted by atomic mass is 16.2. The maximum absolute atomic E-state index is 13.6. The van der Waals surface area contributed by atoms with Crippen LogP contribution in [0.4, 0.5) is 4.79 Å². The van der Waals surface area contributed by atoms with E-state index in [1.54, 1.807) is 11.9 Å². The second-order valence-corrected chi connectivity index (χ2v) is 8.08. The van der Waals surface area contributed by atoms with Crippen LogP contribution in [0.2, 0.25) is 0 Å². The molecule has 7 heteroatoms. The van der Waals surface area contributed by atoms with E-state index in [9.17, 15) is 14.4 Å². The molecule has 1 saturated heterocycles. The van der Waals surface area contributed by atoms with Gasteiger partial charge in [0, 0.05) is 19.4 Å². The Balaban J connectivity index is 1.79. The molecule has 0 radical (unpaired) electrons. The fourth-order valence-corrected chi connectivity index (χ4v) is 3.85. The lowest BCUT2D eigenvalue weighted by Gasteiger charge is -2.28. The summed E-state index contributed by atoms with van der Waals surface area (Å²) in [5.41, 5.74) is 0.882. The van der Waals surface area contributed by atoms with Crippen molar-refractivity contribution in [3.8, 4) is 0 Å². The Morgan fingerprint density at radius 3 is 2.06 bits per heavy atom. The zero-order chi connectivity index (χ0) is 22.3. The maximum atomic E-state index is 13.6. The van der Waals surface area contributed by atoms with Gasteiger partial charge in [0.25, 0.3) is 5.91 Å². The Morgan fingerprint density at radius 2 is 1.55 bits per heavy atom. The van der Waals surface area contributed by atoms with Crippen LogP contribution in [0.25, 0.3) is 0 Å². The van der Waals surface area contributed by atoms with Crippen LogP contribution in [0.3, 0.4) is 0 Å². The molecule has 1 heterocycles. The van der Waals surface area contributed by atoms with Crippen molar-refractivity contribution in [1.82, 2.24) is 20.4 Å². The molecule has 0 aliphatic carbocycles. The number of nitrogens with zero attached hydrogens (tertiary/aromatic N) is 2. The van der Waals surface area contributed by atoms with E-state index >= 15 is 0 Å². The highest BCUT2D eigenvalue weighted by Gasteiger charge is 2.51. The van der Waals surface area contributed by atoms with Crippen molar-refractivity contribution in [2.45, 2.75) is 31.7 Å². The monoisotopic (exact) mass is 422 g/mol. The smallest absolute Gasteiger partial charge is 0.326 e. The van der Waals surface area contributed by atoms with Gasteiger partial charge in [-0.2, -0.15) is 0 Å². The standard InChI is InChI=1S/C24H30N4O3/c1-3-14-25-21(29)17-27(2)18-28-22(30)24(26-23(28)31,15-19-10-6-4-7-11-19)16-20-12-8-5-9-13-20/h4-13H,3,14-18H2,1-2H3,(H,25,29)(H,26,31). The predicted octanol–water partition coefficient (Wildman–Crippen LogP) is 2.18. The number of rotatable bonds is 10. The van der Waals surface area contributed by atoms with Crippen molar-refractivity contribution < 1.29 is 14.4 Å². The zero-order valence-corrected chi connectivity index (χ0v) is 18.1.